The summed E-state index contributed by atoms with van der Waals surface area (Å²) in [6, 6.07) is 3.43. The summed E-state index contributed by atoms with van der Waals surface area (Å²) in [5.74, 6) is 6.79. The molecular weight excluding hydrogens is 424 g/mol. The molecule has 33 heavy (non-hydrogen) atoms. The molecule has 4 rings (SSSR count). The fourth-order valence-electron chi connectivity index (χ4n) is 4.04. The molecule has 1 aliphatic heterocycles. The highest BCUT2D eigenvalue weighted by Gasteiger charge is 2.35. The SMILES string of the molecule is COC(=O)N1CC(=O)c2c(NC3=CCC(C)C=C3)c(-c3ccnc(NC(C)=O)c3)n(N)c2C1. The molecule has 0 saturated carbocycles. The number of rotatable bonds is 4. The molecule has 1 aliphatic carbocycles. The van der Waals surface area contributed by atoms with Crippen LogP contribution in [0.3, 0.4) is 0 Å². The van der Waals surface area contributed by atoms with Crippen LogP contribution < -0.4 is 16.5 Å². The molecule has 2 aliphatic rings. The molecule has 172 valence electrons. The molecule has 10 nitrogen and oxygen atoms in total. The molecule has 2 amide bonds. The third-order valence-electron chi connectivity index (χ3n) is 5.61. The van der Waals surface area contributed by atoms with Crippen molar-refractivity contribution in [2.45, 2.75) is 26.8 Å². The summed E-state index contributed by atoms with van der Waals surface area (Å²) in [5, 5.41) is 6.04. The van der Waals surface area contributed by atoms with Crippen molar-refractivity contribution in [3.63, 3.8) is 0 Å². The molecule has 10 heteroatoms. The van der Waals surface area contributed by atoms with Crippen molar-refractivity contribution >= 4 is 29.3 Å². The number of nitrogen functional groups attached to an aromatic ring is 1. The lowest BCUT2D eigenvalue weighted by molar-refractivity contribution is -0.114. The van der Waals surface area contributed by atoms with Crippen LogP contribution in [0, 0.1) is 5.92 Å². The molecule has 1 atom stereocenters. The molecule has 4 N–H and O–H groups in total. The molecule has 0 radical (unpaired) electrons. The van der Waals surface area contributed by atoms with Gasteiger partial charge in [0.05, 0.1) is 42.8 Å². The van der Waals surface area contributed by atoms with E-state index >= 15 is 0 Å². The molecule has 0 saturated heterocycles. The van der Waals surface area contributed by atoms with Crippen molar-refractivity contribution < 1.29 is 19.1 Å². The van der Waals surface area contributed by atoms with E-state index in [1.807, 2.05) is 6.08 Å². The van der Waals surface area contributed by atoms with Gasteiger partial charge < -0.3 is 21.2 Å². The lowest BCUT2D eigenvalue weighted by atomic mass is 10.00. The van der Waals surface area contributed by atoms with E-state index in [4.69, 9.17) is 10.6 Å². The van der Waals surface area contributed by atoms with Crippen LogP contribution in [-0.2, 0) is 16.1 Å². The summed E-state index contributed by atoms with van der Waals surface area (Å²) in [7, 11) is 1.27. The van der Waals surface area contributed by atoms with Crippen LogP contribution in [-0.4, -0.2) is 46.0 Å². The number of pyridine rings is 1. The second-order valence-electron chi connectivity index (χ2n) is 8.13. The van der Waals surface area contributed by atoms with Gasteiger partial charge in [-0.05, 0) is 30.5 Å². The third-order valence-corrected chi connectivity index (χ3v) is 5.61. The van der Waals surface area contributed by atoms with Gasteiger partial charge in [-0.3, -0.25) is 19.2 Å². The highest BCUT2D eigenvalue weighted by Crippen LogP contribution is 2.39. The number of nitrogens with zero attached hydrogens (tertiary/aromatic N) is 3. The number of hydrogen-bond acceptors (Lipinski definition) is 7. The third kappa shape index (κ3) is 4.32. The summed E-state index contributed by atoms with van der Waals surface area (Å²) < 4.78 is 6.21. The number of Topliss-reactive ketones (excluding diaryl/α,β-unsaturated/α-hetero) is 1. The Hall–Kier alpha value is -4.08. The first kappa shape index (κ1) is 22.1. The molecule has 0 bridgehead atoms. The minimum absolute atomic E-state index is 0.114. The zero-order chi connectivity index (χ0) is 23.7. The molecule has 0 spiro atoms. The van der Waals surface area contributed by atoms with E-state index < -0.39 is 6.09 Å². The molecular formula is C23H26N6O4. The van der Waals surface area contributed by atoms with Crippen molar-refractivity contribution in [2.75, 3.05) is 30.1 Å². The Morgan fingerprint density at radius 2 is 2.09 bits per heavy atom. The maximum absolute atomic E-state index is 13.2. The average Bonchev–Trinajstić information content (AvgIpc) is 3.06. The van der Waals surface area contributed by atoms with Crippen LogP contribution in [0.4, 0.5) is 16.3 Å². The monoisotopic (exact) mass is 450 g/mol. The maximum Gasteiger partial charge on any atom is 0.410 e. The van der Waals surface area contributed by atoms with Crippen LogP contribution >= 0.6 is 0 Å². The normalized spacial score (nSPS) is 17.3. The predicted octanol–water partition coefficient (Wildman–Crippen LogP) is 2.88. The van der Waals surface area contributed by atoms with E-state index in [2.05, 4.69) is 34.7 Å². The molecule has 0 aromatic carbocycles. The summed E-state index contributed by atoms with van der Waals surface area (Å²) in [6.07, 6.45) is 7.96. The first-order chi connectivity index (χ1) is 15.8. The highest BCUT2D eigenvalue weighted by atomic mass is 16.5. The van der Waals surface area contributed by atoms with Crippen molar-refractivity contribution in [1.82, 2.24) is 14.6 Å². The van der Waals surface area contributed by atoms with Crippen molar-refractivity contribution in [3.8, 4) is 11.3 Å². The highest BCUT2D eigenvalue weighted by molar-refractivity contribution is 6.09. The summed E-state index contributed by atoms with van der Waals surface area (Å²) in [4.78, 5) is 42.3. The number of carbonyl (C=O) groups excluding carboxylic acids is 3. The Labute approximate surface area is 191 Å². The van der Waals surface area contributed by atoms with Gasteiger partial charge in [-0.25, -0.2) is 9.78 Å². The largest absolute Gasteiger partial charge is 0.453 e. The van der Waals surface area contributed by atoms with Gasteiger partial charge in [0.15, 0.2) is 5.78 Å². The number of nitrogens with one attached hydrogen (secondary N) is 2. The van der Waals surface area contributed by atoms with E-state index in [0.29, 0.717) is 39.9 Å². The predicted molar refractivity (Wildman–Crippen MR) is 124 cm³/mol. The number of carbonyl (C=O) groups is 3. The van der Waals surface area contributed by atoms with Gasteiger partial charge >= 0.3 is 6.09 Å². The minimum Gasteiger partial charge on any atom is -0.453 e. The summed E-state index contributed by atoms with van der Waals surface area (Å²) >= 11 is 0. The topological polar surface area (TPSA) is 132 Å². The van der Waals surface area contributed by atoms with Gasteiger partial charge in [0, 0.05) is 24.4 Å². The first-order valence-electron chi connectivity index (χ1n) is 10.6. The van der Waals surface area contributed by atoms with Gasteiger partial charge in [-0.2, -0.15) is 0 Å². The molecule has 2 aromatic heterocycles. The van der Waals surface area contributed by atoms with E-state index in [9.17, 15) is 14.4 Å². The van der Waals surface area contributed by atoms with Crippen LogP contribution in [0.5, 0.6) is 0 Å². The van der Waals surface area contributed by atoms with Crippen LogP contribution in [0.2, 0.25) is 0 Å². The van der Waals surface area contributed by atoms with Gasteiger partial charge in [-0.1, -0.05) is 19.1 Å². The number of fused-ring (bicyclic) bond motifs is 1. The Kier molecular flexibility index (Phi) is 5.91. The lowest BCUT2D eigenvalue weighted by Crippen LogP contribution is -2.40. The fraction of sp³-hybridized carbons (Fsp3) is 0.304. The Balaban J connectivity index is 1.85. The standard InChI is InChI=1S/C23H26N6O4/c1-13-4-6-16(7-5-13)27-21-20-17(11-28(12-18(20)31)23(32)33-3)29(24)22(21)15-8-9-25-19(10-15)26-14(2)30/h4,6-10,13,27H,5,11-12,24H2,1-3H3,(H,25,26,30). The number of allylic oxidation sites excluding steroid dienone is 3. The zero-order valence-electron chi connectivity index (χ0n) is 18.7. The Morgan fingerprint density at radius 1 is 1.30 bits per heavy atom. The minimum atomic E-state index is -0.602. The number of ketones is 1. The summed E-state index contributed by atoms with van der Waals surface area (Å²) in [5.41, 5.74) is 3.51. The smallest absolute Gasteiger partial charge is 0.410 e. The number of methoxy groups -OCH3 is 1. The number of hydrogen-bond donors (Lipinski definition) is 3. The Morgan fingerprint density at radius 3 is 2.76 bits per heavy atom. The number of nitrogens with two attached hydrogens (primary N) is 1. The van der Waals surface area contributed by atoms with Crippen LogP contribution in [0.15, 0.2) is 42.3 Å². The molecule has 1 unspecified atom stereocenters. The van der Waals surface area contributed by atoms with Crippen LogP contribution in [0.1, 0.15) is 36.3 Å². The second kappa shape index (κ2) is 8.81. The van der Waals surface area contributed by atoms with Gasteiger partial charge in [0.2, 0.25) is 5.91 Å². The number of aromatic nitrogens is 2. The molecule has 0 fully saturated rings. The quantitative estimate of drug-likeness (QED) is 0.610. The van der Waals surface area contributed by atoms with E-state index in [-0.39, 0.29) is 24.8 Å². The number of ether oxygens (including phenoxy) is 1. The Bertz CT molecular complexity index is 1200. The van der Waals surface area contributed by atoms with Gasteiger partial charge in [0.25, 0.3) is 0 Å². The first-order valence-corrected chi connectivity index (χ1v) is 10.6. The van der Waals surface area contributed by atoms with E-state index in [1.54, 1.807) is 18.3 Å². The van der Waals surface area contributed by atoms with Gasteiger partial charge in [-0.15, -0.1) is 0 Å². The van der Waals surface area contributed by atoms with Crippen LogP contribution in [0.25, 0.3) is 11.3 Å². The van der Waals surface area contributed by atoms with Gasteiger partial charge in [0.1, 0.15) is 5.82 Å². The zero-order valence-corrected chi connectivity index (χ0v) is 18.7. The van der Waals surface area contributed by atoms with Crippen molar-refractivity contribution in [2.24, 2.45) is 5.92 Å². The second-order valence-corrected chi connectivity index (χ2v) is 8.13. The van der Waals surface area contributed by atoms with Crippen molar-refractivity contribution in [1.29, 1.82) is 0 Å². The van der Waals surface area contributed by atoms with Crippen molar-refractivity contribution in [3.05, 3.63) is 53.5 Å². The maximum atomic E-state index is 13.2. The molecule has 3 heterocycles. The molecule has 2 aromatic rings. The fourth-order valence-corrected chi connectivity index (χ4v) is 4.04. The number of anilines is 2. The lowest BCUT2D eigenvalue weighted by Gasteiger charge is -2.25. The summed E-state index contributed by atoms with van der Waals surface area (Å²) in [6.45, 7) is 3.53. The van der Waals surface area contributed by atoms with E-state index in [1.165, 1.54) is 23.6 Å². The number of amides is 2. The average molecular weight is 450 g/mol. The van der Waals surface area contributed by atoms with E-state index in [0.717, 1.165) is 12.1 Å².